The fraction of sp³-hybridized carbons (Fsp3) is 0.778. The second-order valence-electron chi connectivity index (χ2n) is 6.95. The van der Waals surface area contributed by atoms with Gasteiger partial charge in [0.05, 0.1) is 10.7 Å². The van der Waals surface area contributed by atoms with E-state index in [1.54, 1.807) is 11.3 Å². The van der Waals surface area contributed by atoms with Crippen LogP contribution in [0.4, 0.5) is 0 Å². The molecule has 144 valence electrons. The van der Waals surface area contributed by atoms with Gasteiger partial charge in [-0.1, -0.05) is 6.92 Å². The van der Waals surface area contributed by atoms with E-state index < -0.39 is 0 Å². The van der Waals surface area contributed by atoms with Gasteiger partial charge in [-0.25, -0.2) is 4.98 Å². The molecule has 0 radical (unpaired) electrons. The molecule has 0 bridgehead atoms. The number of aliphatic imine (C=N–C) groups is 1. The summed E-state index contributed by atoms with van der Waals surface area (Å²) in [5.74, 6) is 1.77. The highest BCUT2D eigenvalue weighted by Crippen LogP contribution is 2.18. The third-order valence-corrected chi connectivity index (χ3v) is 6.07. The second kappa shape index (κ2) is 11.3. The van der Waals surface area contributed by atoms with Crippen molar-refractivity contribution in [3.05, 3.63) is 15.6 Å². The lowest BCUT2D eigenvalue weighted by Crippen LogP contribution is -2.48. The van der Waals surface area contributed by atoms with Gasteiger partial charge in [-0.3, -0.25) is 9.89 Å². The van der Waals surface area contributed by atoms with Crippen molar-refractivity contribution in [3.63, 3.8) is 0 Å². The summed E-state index contributed by atoms with van der Waals surface area (Å²) < 4.78 is 0. The highest BCUT2D eigenvalue weighted by atomic mass is 127. The topological polar surface area (TPSA) is 52.6 Å². The lowest BCUT2D eigenvalue weighted by molar-refractivity contribution is 0.147. The number of nitrogens with zero attached hydrogens (tertiary/aromatic N) is 3. The number of guanidine groups is 1. The molecule has 1 aliphatic heterocycles. The first-order chi connectivity index (χ1) is 11.5. The van der Waals surface area contributed by atoms with E-state index in [0.717, 1.165) is 37.1 Å². The van der Waals surface area contributed by atoms with Crippen molar-refractivity contribution in [1.29, 1.82) is 0 Å². The van der Waals surface area contributed by atoms with E-state index in [-0.39, 0.29) is 24.0 Å². The van der Waals surface area contributed by atoms with Crippen LogP contribution in [-0.4, -0.2) is 55.1 Å². The minimum absolute atomic E-state index is 0. The summed E-state index contributed by atoms with van der Waals surface area (Å²) in [5.41, 5.74) is 1.15. The maximum absolute atomic E-state index is 4.59. The smallest absolute Gasteiger partial charge is 0.191 e. The van der Waals surface area contributed by atoms with E-state index in [9.17, 15) is 0 Å². The summed E-state index contributed by atoms with van der Waals surface area (Å²) in [6.45, 7) is 13.1. The highest BCUT2D eigenvalue weighted by Gasteiger charge is 2.20. The van der Waals surface area contributed by atoms with Crippen molar-refractivity contribution in [1.82, 2.24) is 20.5 Å². The Morgan fingerprint density at radius 3 is 2.56 bits per heavy atom. The Morgan fingerprint density at radius 1 is 1.32 bits per heavy atom. The standard InChI is InChI=1S/C18H33N5S.HI/c1-13-7-10-23(11-8-13)14(2)12-21-18(19-5)20-9-6-17-22-15(3)16(4)24-17;/h13-14H,6-12H2,1-5H3,(H2,19,20,21);1H. The average Bonchev–Trinajstić information content (AvgIpc) is 2.89. The number of aryl methyl sites for hydroxylation is 2. The molecule has 1 aliphatic rings. The molecule has 0 spiro atoms. The summed E-state index contributed by atoms with van der Waals surface area (Å²) in [7, 11) is 1.83. The molecule has 0 aliphatic carbocycles. The fourth-order valence-corrected chi connectivity index (χ4v) is 3.93. The molecule has 2 N–H and O–H groups in total. The number of halogens is 1. The van der Waals surface area contributed by atoms with Gasteiger partial charge in [0, 0.05) is 37.5 Å². The van der Waals surface area contributed by atoms with E-state index in [0.29, 0.717) is 6.04 Å². The number of likely N-dealkylation sites (tertiary alicyclic amines) is 1. The van der Waals surface area contributed by atoms with Crippen LogP contribution >= 0.6 is 35.3 Å². The molecule has 2 rings (SSSR count). The molecule has 2 heterocycles. The largest absolute Gasteiger partial charge is 0.356 e. The predicted octanol–water partition coefficient (Wildman–Crippen LogP) is 3.21. The molecule has 25 heavy (non-hydrogen) atoms. The van der Waals surface area contributed by atoms with Gasteiger partial charge < -0.3 is 10.6 Å². The number of hydrogen-bond acceptors (Lipinski definition) is 4. The minimum Gasteiger partial charge on any atom is -0.356 e. The van der Waals surface area contributed by atoms with Crippen molar-refractivity contribution in [3.8, 4) is 0 Å². The molecule has 1 saturated heterocycles. The first kappa shape index (κ1) is 22.6. The first-order valence-electron chi connectivity index (χ1n) is 9.11. The Bertz CT molecular complexity index is 518. The molecule has 0 amide bonds. The number of thiazole rings is 1. The van der Waals surface area contributed by atoms with Crippen LogP contribution in [-0.2, 0) is 6.42 Å². The monoisotopic (exact) mass is 479 g/mol. The van der Waals surface area contributed by atoms with Gasteiger partial charge in [0.25, 0.3) is 0 Å². The predicted molar refractivity (Wildman–Crippen MR) is 120 cm³/mol. The molecule has 1 unspecified atom stereocenters. The Kier molecular flexibility index (Phi) is 10.3. The van der Waals surface area contributed by atoms with Gasteiger partial charge in [-0.15, -0.1) is 35.3 Å². The van der Waals surface area contributed by atoms with E-state index in [1.807, 2.05) is 7.05 Å². The van der Waals surface area contributed by atoms with Crippen LogP contribution in [0.1, 0.15) is 42.3 Å². The first-order valence-corrected chi connectivity index (χ1v) is 9.92. The second-order valence-corrected chi connectivity index (χ2v) is 8.23. The van der Waals surface area contributed by atoms with Gasteiger partial charge in [0.1, 0.15) is 0 Å². The number of hydrogen-bond donors (Lipinski definition) is 2. The Hall–Kier alpha value is -0.410. The molecule has 0 saturated carbocycles. The van der Waals surface area contributed by atoms with Crippen LogP contribution in [0.5, 0.6) is 0 Å². The fourth-order valence-electron chi connectivity index (χ4n) is 3.00. The summed E-state index contributed by atoms with van der Waals surface area (Å²) in [6, 6.07) is 0.542. The van der Waals surface area contributed by atoms with Crippen molar-refractivity contribution in [2.45, 2.75) is 53.0 Å². The van der Waals surface area contributed by atoms with Crippen LogP contribution in [0.25, 0.3) is 0 Å². The van der Waals surface area contributed by atoms with Crippen LogP contribution in [0.2, 0.25) is 0 Å². The van der Waals surface area contributed by atoms with Crippen molar-refractivity contribution < 1.29 is 0 Å². The number of nitrogens with one attached hydrogen (secondary N) is 2. The molecule has 5 nitrogen and oxygen atoms in total. The zero-order valence-electron chi connectivity index (χ0n) is 16.3. The summed E-state index contributed by atoms with van der Waals surface area (Å²) in [4.78, 5) is 12.8. The normalized spacial score (nSPS) is 17.9. The SMILES string of the molecule is CN=C(NCCc1nc(C)c(C)s1)NCC(C)N1CCC(C)CC1.I. The van der Waals surface area contributed by atoms with Crippen molar-refractivity contribution in [2.24, 2.45) is 10.9 Å². The van der Waals surface area contributed by atoms with Gasteiger partial charge >= 0.3 is 0 Å². The van der Waals surface area contributed by atoms with Gasteiger partial charge in [-0.05, 0) is 52.6 Å². The lowest BCUT2D eigenvalue weighted by atomic mass is 9.98. The zero-order chi connectivity index (χ0) is 17.5. The molecule has 1 fully saturated rings. The van der Waals surface area contributed by atoms with Crippen LogP contribution < -0.4 is 10.6 Å². The molecular formula is C18H34IN5S. The third-order valence-electron chi connectivity index (χ3n) is 4.93. The highest BCUT2D eigenvalue weighted by molar-refractivity contribution is 14.0. The molecular weight excluding hydrogens is 445 g/mol. The van der Waals surface area contributed by atoms with Gasteiger partial charge in [-0.2, -0.15) is 0 Å². The van der Waals surface area contributed by atoms with Gasteiger partial charge in [0.2, 0.25) is 0 Å². The third kappa shape index (κ3) is 7.38. The molecule has 0 aromatic carbocycles. The Balaban J connectivity index is 0.00000312. The Morgan fingerprint density at radius 2 is 2.00 bits per heavy atom. The van der Waals surface area contributed by atoms with Crippen LogP contribution in [0.3, 0.4) is 0 Å². The summed E-state index contributed by atoms with van der Waals surface area (Å²) >= 11 is 1.79. The van der Waals surface area contributed by atoms with Crippen LogP contribution in [0, 0.1) is 19.8 Å². The molecule has 7 heteroatoms. The van der Waals surface area contributed by atoms with Crippen LogP contribution in [0.15, 0.2) is 4.99 Å². The lowest BCUT2D eigenvalue weighted by Gasteiger charge is -2.35. The Labute approximate surface area is 174 Å². The number of piperidine rings is 1. The van der Waals surface area contributed by atoms with Crippen molar-refractivity contribution >= 4 is 41.3 Å². The van der Waals surface area contributed by atoms with Crippen molar-refractivity contribution in [2.75, 3.05) is 33.2 Å². The maximum Gasteiger partial charge on any atom is 0.191 e. The summed E-state index contributed by atoms with van der Waals surface area (Å²) in [5, 5.41) is 8.06. The number of aromatic nitrogens is 1. The summed E-state index contributed by atoms with van der Waals surface area (Å²) in [6.07, 6.45) is 3.59. The average molecular weight is 479 g/mol. The zero-order valence-corrected chi connectivity index (χ0v) is 19.4. The molecule has 1 aromatic rings. The van der Waals surface area contributed by atoms with E-state index in [1.165, 1.54) is 35.8 Å². The van der Waals surface area contributed by atoms with Gasteiger partial charge in [0.15, 0.2) is 5.96 Å². The molecule has 1 aromatic heterocycles. The minimum atomic E-state index is 0. The maximum atomic E-state index is 4.59. The van der Waals surface area contributed by atoms with E-state index >= 15 is 0 Å². The number of rotatable bonds is 6. The van der Waals surface area contributed by atoms with E-state index in [2.05, 4.69) is 53.2 Å². The van der Waals surface area contributed by atoms with E-state index in [4.69, 9.17) is 0 Å². The quantitative estimate of drug-likeness (QED) is 0.374. The molecule has 1 atom stereocenters.